The van der Waals surface area contributed by atoms with Gasteiger partial charge in [0.25, 0.3) is 0 Å². The molecule has 6 heteroatoms. The quantitative estimate of drug-likeness (QED) is 0.779. The summed E-state index contributed by atoms with van der Waals surface area (Å²) in [5.41, 5.74) is 1.16. The van der Waals surface area contributed by atoms with Gasteiger partial charge in [0, 0.05) is 21.8 Å². The summed E-state index contributed by atoms with van der Waals surface area (Å²) in [7, 11) is 1.70. The number of methoxy groups -OCH3 is 1. The van der Waals surface area contributed by atoms with Crippen molar-refractivity contribution in [2.75, 3.05) is 7.11 Å². The first kappa shape index (κ1) is 13.0. The molecule has 0 N–H and O–H groups in total. The van der Waals surface area contributed by atoms with Crippen LogP contribution in [0.2, 0.25) is 0 Å². The minimum Gasteiger partial charge on any atom is -0.496 e. The van der Waals surface area contributed by atoms with Gasteiger partial charge in [-0.05, 0) is 31.0 Å². The Morgan fingerprint density at radius 2 is 2.32 bits per heavy atom. The molecule has 2 aromatic rings. The van der Waals surface area contributed by atoms with Crippen LogP contribution in [0, 0.1) is 0 Å². The van der Waals surface area contributed by atoms with E-state index in [4.69, 9.17) is 4.74 Å². The third-order valence-corrected chi connectivity index (χ3v) is 4.58. The third-order valence-electron chi connectivity index (χ3n) is 3.08. The summed E-state index contributed by atoms with van der Waals surface area (Å²) >= 11 is 5.20. The monoisotopic (exact) mass is 339 g/mol. The largest absolute Gasteiger partial charge is 0.496 e. The van der Waals surface area contributed by atoms with Gasteiger partial charge in [0.05, 0.1) is 7.11 Å². The van der Waals surface area contributed by atoms with Crippen LogP contribution in [0.3, 0.4) is 0 Å². The molecule has 1 aromatic heterocycles. The molecule has 0 radical (unpaired) electrons. The van der Waals surface area contributed by atoms with Gasteiger partial charge in [0.15, 0.2) is 5.16 Å². The molecule has 1 saturated carbocycles. The normalized spacial score (nSPS) is 14.6. The number of hydrogen-bond acceptors (Lipinski definition) is 4. The summed E-state index contributed by atoms with van der Waals surface area (Å²) in [5.74, 6) is 1.74. The minimum atomic E-state index is 0.613. The average Bonchev–Trinajstić information content (AvgIpc) is 3.15. The van der Waals surface area contributed by atoms with Crippen LogP contribution in [0.5, 0.6) is 5.75 Å². The zero-order valence-corrected chi connectivity index (χ0v) is 12.9. The summed E-state index contributed by atoms with van der Waals surface area (Å²) in [5, 5.41) is 9.19. The van der Waals surface area contributed by atoms with Gasteiger partial charge < -0.3 is 9.30 Å². The number of halogens is 1. The number of benzene rings is 1. The van der Waals surface area contributed by atoms with Gasteiger partial charge in [-0.3, -0.25) is 0 Å². The van der Waals surface area contributed by atoms with Gasteiger partial charge in [0.1, 0.15) is 12.1 Å². The van der Waals surface area contributed by atoms with Crippen molar-refractivity contribution >= 4 is 27.7 Å². The molecule has 1 aliphatic rings. The van der Waals surface area contributed by atoms with Crippen molar-refractivity contribution in [3.63, 3.8) is 0 Å². The summed E-state index contributed by atoms with van der Waals surface area (Å²) < 4.78 is 8.62. The van der Waals surface area contributed by atoms with E-state index in [0.717, 1.165) is 26.7 Å². The molecule has 100 valence electrons. The van der Waals surface area contributed by atoms with Crippen molar-refractivity contribution in [2.24, 2.45) is 0 Å². The minimum absolute atomic E-state index is 0.613. The van der Waals surface area contributed by atoms with Crippen LogP contribution in [0.25, 0.3) is 0 Å². The molecular formula is C13H14BrN3OS. The predicted octanol–water partition coefficient (Wildman–Crippen LogP) is 3.68. The van der Waals surface area contributed by atoms with Gasteiger partial charge in [-0.1, -0.05) is 27.7 Å². The maximum atomic E-state index is 5.38. The zero-order valence-electron chi connectivity index (χ0n) is 10.5. The summed E-state index contributed by atoms with van der Waals surface area (Å²) in [6.45, 7) is 0. The Bertz CT molecular complexity index is 583. The fourth-order valence-electron chi connectivity index (χ4n) is 1.94. The molecule has 0 atom stereocenters. The van der Waals surface area contributed by atoms with Crippen molar-refractivity contribution in [3.8, 4) is 5.75 Å². The summed E-state index contributed by atoms with van der Waals surface area (Å²) in [4.78, 5) is 0. The number of aromatic nitrogens is 3. The van der Waals surface area contributed by atoms with Crippen molar-refractivity contribution in [2.45, 2.75) is 29.8 Å². The van der Waals surface area contributed by atoms with Crippen LogP contribution in [0.4, 0.5) is 0 Å². The van der Waals surface area contributed by atoms with E-state index in [1.165, 1.54) is 12.8 Å². The molecule has 0 unspecified atom stereocenters. The van der Waals surface area contributed by atoms with Crippen LogP contribution in [-0.2, 0) is 5.75 Å². The SMILES string of the molecule is COc1ccc(Br)cc1CSc1nncn1C1CC1. The molecule has 0 spiro atoms. The molecule has 1 fully saturated rings. The fourth-order valence-corrected chi connectivity index (χ4v) is 3.31. The fraction of sp³-hybridized carbons (Fsp3) is 0.385. The lowest BCUT2D eigenvalue weighted by molar-refractivity contribution is 0.411. The first-order valence-electron chi connectivity index (χ1n) is 6.12. The second-order valence-corrected chi connectivity index (χ2v) is 6.35. The number of hydrogen-bond donors (Lipinski definition) is 0. The topological polar surface area (TPSA) is 39.9 Å². The van der Waals surface area contributed by atoms with Gasteiger partial charge >= 0.3 is 0 Å². The molecule has 0 amide bonds. The molecule has 0 bridgehead atoms. The maximum absolute atomic E-state index is 5.38. The lowest BCUT2D eigenvalue weighted by Gasteiger charge is -2.09. The van der Waals surface area contributed by atoms with Gasteiger partial charge in [0.2, 0.25) is 0 Å². The van der Waals surface area contributed by atoms with Gasteiger partial charge in [-0.25, -0.2) is 0 Å². The smallest absolute Gasteiger partial charge is 0.191 e. The maximum Gasteiger partial charge on any atom is 0.191 e. The van der Waals surface area contributed by atoms with Gasteiger partial charge in [-0.2, -0.15) is 0 Å². The first-order valence-corrected chi connectivity index (χ1v) is 7.90. The number of ether oxygens (including phenoxy) is 1. The number of thioether (sulfide) groups is 1. The Balaban J connectivity index is 1.74. The Kier molecular flexibility index (Phi) is 3.79. The summed E-state index contributed by atoms with van der Waals surface area (Å²) in [6, 6.07) is 6.66. The predicted molar refractivity (Wildman–Crippen MR) is 78.5 cm³/mol. The molecule has 3 rings (SSSR count). The van der Waals surface area contributed by atoms with Crippen molar-refractivity contribution in [1.82, 2.24) is 14.8 Å². The lowest BCUT2D eigenvalue weighted by atomic mass is 10.2. The zero-order chi connectivity index (χ0) is 13.2. The molecular weight excluding hydrogens is 326 g/mol. The average molecular weight is 340 g/mol. The highest BCUT2D eigenvalue weighted by molar-refractivity contribution is 9.10. The molecule has 0 aliphatic heterocycles. The number of nitrogens with zero attached hydrogens (tertiary/aromatic N) is 3. The van der Waals surface area contributed by atoms with Crippen molar-refractivity contribution in [3.05, 3.63) is 34.6 Å². The Labute approximate surface area is 124 Å². The van der Waals surface area contributed by atoms with E-state index >= 15 is 0 Å². The summed E-state index contributed by atoms with van der Waals surface area (Å²) in [6.07, 6.45) is 4.32. The van der Waals surface area contributed by atoms with Crippen molar-refractivity contribution in [1.29, 1.82) is 0 Å². The second kappa shape index (κ2) is 5.54. The highest BCUT2D eigenvalue weighted by Gasteiger charge is 2.26. The molecule has 1 aromatic carbocycles. The van der Waals surface area contributed by atoms with Crippen LogP contribution >= 0.6 is 27.7 Å². The second-order valence-electron chi connectivity index (χ2n) is 4.50. The van der Waals surface area contributed by atoms with Crippen LogP contribution in [-0.4, -0.2) is 21.9 Å². The molecule has 1 heterocycles. The van der Waals surface area contributed by atoms with E-state index in [1.807, 2.05) is 18.5 Å². The van der Waals surface area contributed by atoms with Crippen LogP contribution in [0.1, 0.15) is 24.4 Å². The van der Waals surface area contributed by atoms with E-state index in [1.54, 1.807) is 18.9 Å². The molecule has 0 saturated heterocycles. The molecule has 19 heavy (non-hydrogen) atoms. The van der Waals surface area contributed by atoms with E-state index in [0.29, 0.717) is 6.04 Å². The standard InChI is InChI=1S/C13H14BrN3OS/c1-18-12-5-2-10(14)6-9(12)7-19-13-16-15-8-17(13)11-3-4-11/h2,5-6,8,11H,3-4,7H2,1H3. The van der Waals surface area contributed by atoms with Crippen LogP contribution in [0.15, 0.2) is 34.2 Å². The third kappa shape index (κ3) is 2.95. The highest BCUT2D eigenvalue weighted by atomic mass is 79.9. The Morgan fingerprint density at radius 3 is 3.05 bits per heavy atom. The number of rotatable bonds is 5. The first-order chi connectivity index (χ1) is 9.28. The van der Waals surface area contributed by atoms with Gasteiger partial charge in [-0.15, -0.1) is 10.2 Å². The highest BCUT2D eigenvalue weighted by Crippen LogP contribution is 2.38. The Hall–Kier alpha value is -1.01. The van der Waals surface area contributed by atoms with Crippen molar-refractivity contribution < 1.29 is 4.74 Å². The van der Waals surface area contributed by atoms with E-state index in [2.05, 4.69) is 36.8 Å². The van der Waals surface area contributed by atoms with E-state index in [-0.39, 0.29) is 0 Å². The molecule has 1 aliphatic carbocycles. The Morgan fingerprint density at radius 1 is 1.47 bits per heavy atom. The van der Waals surface area contributed by atoms with E-state index in [9.17, 15) is 0 Å². The lowest BCUT2D eigenvalue weighted by Crippen LogP contribution is -1.96. The van der Waals surface area contributed by atoms with Crippen LogP contribution < -0.4 is 4.74 Å². The molecule has 4 nitrogen and oxygen atoms in total. The van der Waals surface area contributed by atoms with E-state index < -0.39 is 0 Å².